The maximum absolute atomic E-state index is 5.84. The minimum absolute atomic E-state index is 0.822. The van der Waals surface area contributed by atoms with E-state index in [1.807, 2.05) is 48.5 Å². The van der Waals surface area contributed by atoms with Gasteiger partial charge in [0, 0.05) is 5.69 Å². The molecule has 0 radical (unpaired) electrons. The van der Waals surface area contributed by atoms with Crippen LogP contribution in [0.5, 0.6) is 11.5 Å². The molecule has 0 unspecified atom stereocenters. The Morgan fingerprint density at radius 2 is 1.75 bits per heavy atom. The number of ether oxygens (including phenoxy) is 1. The van der Waals surface area contributed by atoms with Gasteiger partial charge in [0.25, 0.3) is 0 Å². The summed E-state index contributed by atoms with van der Waals surface area (Å²) < 4.78 is 5.72. The minimum atomic E-state index is 0.822. The first-order valence-corrected chi connectivity index (χ1v) is 5.41. The zero-order chi connectivity index (χ0) is 11.4. The Kier molecular flexibility index (Phi) is 3.10. The number of benzene rings is 2. The van der Waals surface area contributed by atoms with Gasteiger partial charge in [0.1, 0.15) is 11.5 Å². The highest BCUT2D eigenvalue weighted by atomic mass is 16.5. The smallest absolute Gasteiger partial charge is 0.127 e. The highest BCUT2D eigenvalue weighted by Crippen LogP contribution is 2.25. The Balaban J connectivity index is 2.22. The summed E-state index contributed by atoms with van der Waals surface area (Å²) in [5, 5.41) is 0. The second-order valence-corrected chi connectivity index (χ2v) is 3.63. The molecule has 0 fully saturated rings. The van der Waals surface area contributed by atoms with Gasteiger partial charge in [0.2, 0.25) is 0 Å². The van der Waals surface area contributed by atoms with Crippen LogP contribution in [0.25, 0.3) is 0 Å². The molecular weight excluding hydrogens is 198 g/mol. The predicted molar refractivity (Wildman–Crippen MR) is 66.7 cm³/mol. The van der Waals surface area contributed by atoms with Gasteiger partial charge in [-0.15, -0.1) is 0 Å². The molecular formula is C14H15NO. The average molecular weight is 213 g/mol. The number of nitrogen functional groups attached to an aromatic ring is 1. The summed E-state index contributed by atoms with van der Waals surface area (Å²) in [6, 6.07) is 15.5. The molecule has 82 valence electrons. The van der Waals surface area contributed by atoms with Crippen molar-refractivity contribution >= 4 is 5.69 Å². The van der Waals surface area contributed by atoms with Crippen LogP contribution in [0.4, 0.5) is 5.69 Å². The van der Waals surface area contributed by atoms with Crippen molar-refractivity contribution in [1.29, 1.82) is 0 Å². The lowest BCUT2D eigenvalue weighted by Gasteiger charge is -2.08. The summed E-state index contributed by atoms with van der Waals surface area (Å²) in [6.07, 6.45) is 0.915. The van der Waals surface area contributed by atoms with Crippen molar-refractivity contribution in [1.82, 2.24) is 0 Å². The van der Waals surface area contributed by atoms with Crippen LogP contribution in [0.15, 0.2) is 48.5 Å². The Morgan fingerprint density at radius 3 is 2.44 bits per heavy atom. The Morgan fingerprint density at radius 1 is 1.00 bits per heavy atom. The summed E-state index contributed by atoms with van der Waals surface area (Å²) >= 11 is 0. The van der Waals surface area contributed by atoms with Crippen LogP contribution in [0.2, 0.25) is 0 Å². The number of anilines is 1. The molecule has 0 bridgehead atoms. The lowest BCUT2D eigenvalue weighted by molar-refractivity contribution is 0.482. The fraction of sp³-hybridized carbons (Fsp3) is 0.143. The molecule has 2 aromatic rings. The highest BCUT2D eigenvalue weighted by molar-refractivity contribution is 5.51. The molecule has 2 rings (SSSR count). The van der Waals surface area contributed by atoms with E-state index in [1.54, 1.807) is 0 Å². The van der Waals surface area contributed by atoms with Gasteiger partial charge in [-0.05, 0) is 42.3 Å². The SMILES string of the molecule is CCc1cc(Oc2ccccc2)ccc1N. The third-order valence-corrected chi connectivity index (χ3v) is 2.47. The van der Waals surface area contributed by atoms with Crippen molar-refractivity contribution in [2.24, 2.45) is 0 Å². The predicted octanol–water partition coefficient (Wildman–Crippen LogP) is 3.62. The van der Waals surface area contributed by atoms with Crippen LogP contribution in [0, 0.1) is 0 Å². The lowest BCUT2D eigenvalue weighted by Crippen LogP contribution is -1.93. The van der Waals surface area contributed by atoms with Crippen molar-refractivity contribution in [2.45, 2.75) is 13.3 Å². The number of hydrogen-bond donors (Lipinski definition) is 1. The number of aryl methyl sites for hydroxylation is 1. The Bertz CT molecular complexity index is 465. The second kappa shape index (κ2) is 4.71. The third-order valence-electron chi connectivity index (χ3n) is 2.47. The van der Waals surface area contributed by atoms with Gasteiger partial charge in [-0.2, -0.15) is 0 Å². The molecule has 0 aromatic heterocycles. The van der Waals surface area contributed by atoms with Gasteiger partial charge in [-0.3, -0.25) is 0 Å². The normalized spacial score (nSPS) is 10.1. The quantitative estimate of drug-likeness (QED) is 0.790. The molecule has 0 amide bonds. The zero-order valence-electron chi connectivity index (χ0n) is 9.31. The monoisotopic (exact) mass is 213 g/mol. The summed E-state index contributed by atoms with van der Waals surface area (Å²) in [6.45, 7) is 2.08. The molecule has 0 aliphatic heterocycles. The van der Waals surface area contributed by atoms with E-state index in [9.17, 15) is 0 Å². The van der Waals surface area contributed by atoms with Crippen molar-refractivity contribution in [3.63, 3.8) is 0 Å². The van der Waals surface area contributed by atoms with Gasteiger partial charge in [0.15, 0.2) is 0 Å². The molecule has 0 saturated heterocycles. The molecule has 0 aliphatic carbocycles. The van der Waals surface area contributed by atoms with E-state index in [4.69, 9.17) is 10.5 Å². The Hall–Kier alpha value is -1.96. The van der Waals surface area contributed by atoms with E-state index in [1.165, 1.54) is 0 Å². The molecule has 2 heteroatoms. The largest absolute Gasteiger partial charge is 0.457 e. The van der Waals surface area contributed by atoms with Crippen LogP contribution >= 0.6 is 0 Å². The molecule has 0 atom stereocenters. The van der Waals surface area contributed by atoms with Crippen molar-refractivity contribution in [3.8, 4) is 11.5 Å². The maximum atomic E-state index is 5.84. The zero-order valence-corrected chi connectivity index (χ0v) is 9.31. The fourth-order valence-electron chi connectivity index (χ4n) is 1.58. The van der Waals surface area contributed by atoms with Crippen molar-refractivity contribution in [2.75, 3.05) is 5.73 Å². The van der Waals surface area contributed by atoms with Crippen LogP contribution in [0.1, 0.15) is 12.5 Å². The van der Waals surface area contributed by atoms with Gasteiger partial charge >= 0.3 is 0 Å². The molecule has 0 saturated carbocycles. The molecule has 0 aliphatic rings. The fourth-order valence-corrected chi connectivity index (χ4v) is 1.58. The molecule has 2 aromatic carbocycles. The first-order valence-electron chi connectivity index (χ1n) is 5.41. The third kappa shape index (κ3) is 2.34. The second-order valence-electron chi connectivity index (χ2n) is 3.63. The van der Waals surface area contributed by atoms with Crippen LogP contribution < -0.4 is 10.5 Å². The Labute approximate surface area is 95.7 Å². The standard InChI is InChI=1S/C14H15NO/c1-2-11-10-13(8-9-14(11)15)16-12-6-4-3-5-7-12/h3-10H,2,15H2,1H3. The van der Waals surface area contributed by atoms with Gasteiger partial charge in [-0.25, -0.2) is 0 Å². The maximum Gasteiger partial charge on any atom is 0.127 e. The van der Waals surface area contributed by atoms with Gasteiger partial charge in [-0.1, -0.05) is 25.1 Å². The van der Waals surface area contributed by atoms with Gasteiger partial charge < -0.3 is 10.5 Å². The summed E-state index contributed by atoms with van der Waals surface area (Å²) in [5.74, 6) is 1.67. The van der Waals surface area contributed by atoms with Crippen LogP contribution in [0.3, 0.4) is 0 Å². The van der Waals surface area contributed by atoms with Crippen molar-refractivity contribution in [3.05, 3.63) is 54.1 Å². The summed E-state index contributed by atoms with van der Waals surface area (Å²) in [4.78, 5) is 0. The van der Waals surface area contributed by atoms with E-state index < -0.39 is 0 Å². The van der Waals surface area contributed by atoms with Gasteiger partial charge in [0.05, 0.1) is 0 Å². The van der Waals surface area contributed by atoms with E-state index in [2.05, 4.69) is 6.92 Å². The molecule has 0 spiro atoms. The van der Waals surface area contributed by atoms with E-state index in [0.29, 0.717) is 0 Å². The van der Waals surface area contributed by atoms with E-state index >= 15 is 0 Å². The number of rotatable bonds is 3. The first-order chi connectivity index (χ1) is 7.79. The number of para-hydroxylation sites is 1. The molecule has 2 N–H and O–H groups in total. The average Bonchev–Trinajstić information content (AvgIpc) is 2.33. The van der Waals surface area contributed by atoms with E-state index in [0.717, 1.165) is 29.2 Å². The first kappa shape index (κ1) is 10.6. The molecule has 0 heterocycles. The lowest BCUT2D eigenvalue weighted by atomic mass is 10.1. The molecule has 2 nitrogen and oxygen atoms in total. The topological polar surface area (TPSA) is 35.2 Å². The number of nitrogens with two attached hydrogens (primary N) is 1. The minimum Gasteiger partial charge on any atom is -0.457 e. The van der Waals surface area contributed by atoms with Crippen LogP contribution in [-0.4, -0.2) is 0 Å². The molecule has 16 heavy (non-hydrogen) atoms. The van der Waals surface area contributed by atoms with Crippen LogP contribution in [-0.2, 0) is 6.42 Å². The summed E-state index contributed by atoms with van der Waals surface area (Å²) in [7, 11) is 0. The van der Waals surface area contributed by atoms with E-state index in [-0.39, 0.29) is 0 Å². The highest BCUT2D eigenvalue weighted by Gasteiger charge is 2.01. The van der Waals surface area contributed by atoms with Crippen molar-refractivity contribution < 1.29 is 4.74 Å². The number of hydrogen-bond acceptors (Lipinski definition) is 2. The summed E-state index contributed by atoms with van der Waals surface area (Å²) in [5.41, 5.74) is 7.78.